The zero-order valence-corrected chi connectivity index (χ0v) is 11.6. The fourth-order valence-electron chi connectivity index (χ4n) is 2.14. The second kappa shape index (κ2) is 6.25. The largest absolute Gasteiger partial charge is 0.481 e. The van der Waals surface area contributed by atoms with Gasteiger partial charge in [-0.15, -0.1) is 0 Å². The summed E-state index contributed by atoms with van der Waals surface area (Å²) in [4.78, 5) is 36.9. The Balaban J connectivity index is 2.03. The van der Waals surface area contributed by atoms with Gasteiger partial charge in [-0.05, 0) is 25.5 Å². The van der Waals surface area contributed by atoms with Crippen LogP contribution in [0, 0.1) is 0 Å². The zero-order chi connectivity index (χ0) is 15.4. The van der Waals surface area contributed by atoms with Crippen LogP contribution in [0.5, 0.6) is 0 Å². The van der Waals surface area contributed by atoms with E-state index in [2.05, 4.69) is 10.3 Å². The molecule has 0 radical (unpaired) electrons. The summed E-state index contributed by atoms with van der Waals surface area (Å²) in [5.74, 6) is -1.22. The van der Waals surface area contributed by atoms with E-state index in [0.717, 1.165) is 0 Å². The third-order valence-electron chi connectivity index (χ3n) is 3.18. The Morgan fingerprint density at radius 2 is 2.10 bits per heavy atom. The molecule has 1 amide bonds. The summed E-state index contributed by atoms with van der Waals surface area (Å²) in [7, 11) is 0. The van der Waals surface area contributed by atoms with E-state index in [4.69, 9.17) is 5.11 Å². The van der Waals surface area contributed by atoms with Crippen molar-refractivity contribution in [2.75, 3.05) is 0 Å². The van der Waals surface area contributed by atoms with Crippen LogP contribution in [0.2, 0.25) is 0 Å². The van der Waals surface area contributed by atoms with E-state index in [0.29, 0.717) is 17.5 Å². The molecule has 2 aromatic rings. The number of fused-ring (bicyclic) bond motifs is 1. The lowest BCUT2D eigenvalue weighted by atomic mass is 10.2. The van der Waals surface area contributed by atoms with Gasteiger partial charge in [-0.25, -0.2) is 4.79 Å². The molecule has 0 saturated heterocycles. The van der Waals surface area contributed by atoms with Crippen LogP contribution in [0.4, 0.5) is 0 Å². The molecule has 112 valence electrons. The van der Waals surface area contributed by atoms with Crippen molar-refractivity contribution in [2.24, 2.45) is 0 Å². The first-order valence-electron chi connectivity index (χ1n) is 6.66. The number of hydrogen-bond donors (Lipinski definition) is 3. The van der Waals surface area contributed by atoms with Gasteiger partial charge in [0.15, 0.2) is 0 Å². The number of imidazole rings is 1. The second-order valence-electron chi connectivity index (χ2n) is 4.93. The first-order chi connectivity index (χ1) is 9.97. The lowest BCUT2D eigenvalue weighted by Gasteiger charge is -2.13. The molecule has 21 heavy (non-hydrogen) atoms. The van der Waals surface area contributed by atoms with E-state index in [9.17, 15) is 14.4 Å². The number of H-pyrrole nitrogens is 1. The van der Waals surface area contributed by atoms with Gasteiger partial charge >= 0.3 is 11.7 Å². The van der Waals surface area contributed by atoms with Gasteiger partial charge < -0.3 is 15.4 Å². The molecule has 0 bridgehead atoms. The Hall–Kier alpha value is -2.57. The number of amides is 1. The summed E-state index contributed by atoms with van der Waals surface area (Å²) in [5, 5.41) is 11.3. The number of carbonyl (C=O) groups excluding carboxylic acids is 1. The Morgan fingerprint density at radius 1 is 1.38 bits per heavy atom. The Labute approximate surface area is 120 Å². The average Bonchev–Trinajstić information content (AvgIpc) is 2.73. The zero-order valence-electron chi connectivity index (χ0n) is 11.6. The molecule has 0 aliphatic heterocycles. The maximum atomic E-state index is 11.9. The first-order valence-corrected chi connectivity index (χ1v) is 6.66. The Kier molecular flexibility index (Phi) is 4.42. The first kappa shape index (κ1) is 14.8. The number of benzene rings is 1. The molecule has 0 spiro atoms. The fourth-order valence-corrected chi connectivity index (χ4v) is 2.14. The number of carboxylic acids is 1. The molecule has 0 aliphatic carbocycles. The van der Waals surface area contributed by atoms with Gasteiger partial charge in [-0.1, -0.05) is 12.1 Å². The molecule has 2 rings (SSSR count). The molecule has 1 aromatic carbocycles. The van der Waals surface area contributed by atoms with Crippen LogP contribution in [0.25, 0.3) is 11.0 Å². The van der Waals surface area contributed by atoms with E-state index in [1.54, 1.807) is 31.2 Å². The molecule has 1 heterocycles. The summed E-state index contributed by atoms with van der Waals surface area (Å²) >= 11 is 0. The molecule has 1 aromatic heterocycles. The van der Waals surface area contributed by atoms with E-state index in [1.165, 1.54) is 4.57 Å². The molecule has 3 N–H and O–H groups in total. The lowest BCUT2D eigenvalue weighted by molar-refractivity contribution is -0.137. The number of carboxylic acid groups (broad SMARTS) is 1. The van der Waals surface area contributed by atoms with Gasteiger partial charge in [-0.3, -0.25) is 14.2 Å². The van der Waals surface area contributed by atoms with Gasteiger partial charge in [0.2, 0.25) is 5.91 Å². The summed E-state index contributed by atoms with van der Waals surface area (Å²) in [6, 6.07) is 6.86. The minimum Gasteiger partial charge on any atom is -0.481 e. The van der Waals surface area contributed by atoms with Crippen LogP contribution in [-0.2, 0) is 16.1 Å². The van der Waals surface area contributed by atoms with Crippen molar-refractivity contribution >= 4 is 22.9 Å². The van der Waals surface area contributed by atoms with Crippen LogP contribution in [0.1, 0.15) is 19.8 Å². The van der Waals surface area contributed by atoms with Crippen molar-refractivity contribution < 1.29 is 14.7 Å². The number of carbonyl (C=O) groups is 2. The molecular weight excluding hydrogens is 274 g/mol. The minimum absolute atomic E-state index is 0.00548. The summed E-state index contributed by atoms with van der Waals surface area (Å²) in [6.45, 7) is 1.64. The van der Waals surface area contributed by atoms with Crippen molar-refractivity contribution in [3.8, 4) is 0 Å². The Bertz CT molecular complexity index is 716. The number of nitrogens with zero attached hydrogens (tertiary/aromatic N) is 1. The molecule has 0 fully saturated rings. The van der Waals surface area contributed by atoms with Crippen LogP contribution in [0.15, 0.2) is 29.1 Å². The highest BCUT2D eigenvalue weighted by molar-refractivity contribution is 5.80. The molecule has 7 nitrogen and oxygen atoms in total. The highest BCUT2D eigenvalue weighted by Crippen LogP contribution is 2.08. The van der Waals surface area contributed by atoms with E-state index in [-0.39, 0.29) is 30.6 Å². The van der Waals surface area contributed by atoms with E-state index >= 15 is 0 Å². The molecular formula is C14H17N3O4. The van der Waals surface area contributed by atoms with Crippen molar-refractivity contribution in [1.82, 2.24) is 14.9 Å². The maximum Gasteiger partial charge on any atom is 0.326 e. The van der Waals surface area contributed by atoms with Gasteiger partial charge in [0.05, 0.1) is 11.0 Å². The highest BCUT2D eigenvalue weighted by Gasteiger charge is 2.13. The SMILES string of the molecule is CC(CCC(=O)O)NC(=O)Cn1c(=O)[nH]c2ccccc21. The van der Waals surface area contributed by atoms with Crippen molar-refractivity contribution in [1.29, 1.82) is 0 Å². The standard InChI is InChI=1S/C14H17N3O4/c1-9(6-7-13(19)20)15-12(18)8-17-11-5-3-2-4-10(11)16-14(17)21/h2-5,9H,6-8H2,1H3,(H,15,18)(H,16,21)(H,19,20). The minimum atomic E-state index is -0.899. The van der Waals surface area contributed by atoms with Gasteiger partial charge in [0.25, 0.3) is 0 Å². The van der Waals surface area contributed by atoms with Crippen LogP contribution >= 0.6 is 0 Å². The number of hydrogen-bond acceptors (Lipinski definition) is 3. The smallest absolute Gasteiger partial charge is 0.326 e. The molecule has 7 heteroatoms. The Morgan fingerprint density at radius 3 is 2.81 bits per heavy atom. The molecule has 0 aliphatic rings. The van der Waals surface area contributed by atoms with Crippen LogP contribution in [-0.4, -0.2) is 32.6 Å². The number of para-hydroxylation sites is 2. The monoisotopic (exact) mass is 291 g/mol. The van der Waals surface area contributed by atoms with Gasteiger partial charge in [0, 0.05) is 12.5 Å². The summed E-state index contributed by atoms with van der Waals surface area (Å²) < 4.78 is 1.36. The normalized spacial score (nSPS) is 12.2. The second-order valence-corrected chi connectivity index (χ2v) is 4.93. The van der Waals surface area contributed by atoms with Gasteiger partial charge in [-0.2, -0.15) is 0 Å². The average molecular weight is 291 g/mol. The number of nitrogens with one attached hydrogen (secondary N) is 2. The summed E-state index contributed by atoms with van der Waals surface area (Å²) in [6.07, 6.45) is 0.346. The maximum absolute atomic E-state index is 11.9. The van der Waals surface area contributed by atoms with Crippen molar-refractivity contribution in [3.63, 3.8) is 0 Å². The van der Waals surface area contributed by atoms with Crippen LogP contribution < -0.4 is 11.0 Å². The lowest BCUT2D eigenvalue weighted by Crippen LogP contribution is -2.37. The third kappa shape index (κ3) is 3.71. The topological polar surface area (TPSA) is 104 Å². The quantitative estimate of drug-likeness (QED) is 0.728. The van der Waals surface area contributed by atoms with Crippen molar-refractivity contribution in [3.05, 3.63) is 34.7 Å². The van der Waals surface area contributed by atoms with E-state index < -0.39 is 5.97 Å². The summed E-state index contributed by atoms with van der Waals surface area (Å²) in [5.41, 5.74) is 0.995. The highest BCUT2D eigenvalue weighted by atomic mass is 16.4. The molecule has 0 saturated carbocycles. The third-order valence-corrected chi connectivity index (χ3v) is 3.18. The molecule has 1 unspecified atom stereocenters. The molecule has 1 atom stereocenters. The number of rotatable bonds is 6. The predicted octanol–water partition coefficient (Wildman–Crippen LogP) is 0.699. The number of aromatic nitrogens is 2. The predicted molar refractivity (Wildman–Crippen MR) is 77.0 cm³/mol. The van der Waals surface area contributed by atoms with Crippen LogP contribution in [0.3, 0.4) is 0 Å². The van der Waals surface area contributed by atoms with Gasteiger partial charge in [0.1, 0.15) is 6.54 Å². The number of aromatic amines is 1. The fraction of sp³-hybridized carbons (Fsp3) is 0.357. The van der Waals surface area contributed by atoms with Crippen molar-refractivity contribution in [2.45, 2.75) is 32.4 Å². The number of aliphatic carboxylic acids is 1. The van der Waals surface area contributed by atoms with E-state index in [1.807, 2.05) is 0 Å².